The van der Waals surface area contributed by atoms with Crippen LogP contribution in [0.4, 0.5) is 11.4 Å². The molecule has 0 spiro atoms. The Morgan fingerprint density at radius 3 is 2.52 bits per heavy atom. The van der Waals surface area contributed by atoms with Crippen molar-refractivity contribution in [2.45, 2.75) is 24.2 Å². The van der Waals surface area contributed by atoms with Crippen molar-refractivity contribution in [1.82, 2.24) is 4.31 Å². The predicted molar refractivity (Wildman–Crippen MR) is 111 cm³/mol. The third-order valence-electron chi connectivity index (χ3n) is 4.46. The third kappa shape index (κ3) is 4.29. The van der Waals surface area contributed by atoms with Crippen molar-refractivity contribution in [3.63, 3.8) is 0 Å². The summed E-state index contributed by atoms with van der Waals surface area (Å²) < 4.78 is 27.3. The normalized spacial score (nSPS) is 15.5. The molecule has 0 atom stereocenters. The van der Waals surface area contributed by atoms with Crippen LogP contribution in [0.3, 0.4) is 0 Å². The van der Waals surface area contributed by atoms with E-state index in [1.54, 1.807) is 23.6 Å². The number of nitrogens with zero attached hydrogens (tertiary/aromatic N) is 2. The number of nitrogens with one attached hydrogen (secondary N) is 1. The van der Waals surface area contributed by atoms with Gasteiger partial charge in [-0.1, -0.05) is 18.0 Å². The second-order valence-corrected chi connectivity index (χ2v) is 9.82. The minimum absolute atomic E-state index is 0.0721. The number of thiophene rings is 1. The summed E-state index contributed by atoms with van der Waals surface area (Å²) in [6.45, 7) is 1.00. The summed E-state index contributed by atoms with van der Waals surface area (Å²) in [7, 11) is 0.0931. The van der Waals surface area contributed by atoms with Gasteiger partial charge in [0.25, 0.3) is 5.91 Å². The molecule has 0 bridgehead atoms. The predicted octanol–water partition coefficient (Wildman–Crippen LogP) is 3.89. The molecule has 1 amide bonds. The van der Waals surface area contributed by atoms with Crippen LogP contribution in [0, 0.1) is 0 Å². The number of carbonyl (C=O) groups is 1. The molecule has 0 radical (unpaired) electrons. The van der Waals surface area contributed by atoms with Crippen molar-refractivity contribution in [2.24, 2.45) is 0 Å². The number of hydrogen-bond donors (Lipinski definition) is 1. The molecule has 0 aliphatic carbocycles. The zero-order valence-corrected chi connectivity index (χ0v) is 17.6. The van der Waals surface area contributed by atoms with E-state index in [0.29, 0.717) is 23.8 Å². The zero-order valence-electron chi connectivity index (χ0n) is 15.2. The van der Waals surface area contributed by atoms with Gasteiger partial charge in [0.15, 0.2) is 0 Å². The molecular weight excluding hydrogens is 406 g/mol. The first-order valence-electron chi connectivity index (χ1n) is 8.66. The maximum absolute atomic E-state index is 12.9. The summed E-state index contributed by atoms with van der Waals surface area (Å²) in [4.78, 5) is 14.9. The van der Waals surface area contributed by atoms with Gasteiger partial charge in [-0.3, -0.25) is 4.79 Å². The number of halogens is 1. The van der Waals surface area contributed by atoms with Crippen LogP contribution in [0.1, 0.15) is 28.9 Å². The monoisotopic (exact) mass is 427 g/mol. The van der Waals surface area contributed by atoms with Gasteiger partial charge >= 0.3 is 0 Å². The van der Waals surface area contributed by atoms with E-state index in [9.17, 15) is 13.2 Å². The minimum Gasteiger partial charge on any atom is -0.376 e. The highest BCUT2D eigenvalue weighted by molar-refractivity contribution is 7.89. The zero-order chi connectivity index (χ0) is 19.6. The summed E-state index contributed by atoms with van der Waals surface area (Å²) in [6, 6.07) is 6.70. The maximum Gasteiger partial charge on any atom is 0.267 e. The number of carbonyl (C=O) groups excluding carboxylic acids is 1. The van der Waals surface area contributed by atoms with Gasteiger partial charge in [-0.05, 0) is 42.5 Å². The molecule has 146 valence electrons. The molecule has 6 nitrogen and oxygen atoms in total. The largest absolute Gasteiger partial charge is 0.376 e. The molecule has 1 saturated heterocycles. The third-order valence-corrected chi connectivity index (χ3v) is 7.74. The molecule has 2 heterocycles. The highest BCUT2D eigenvalue weighted by Gasteiger charge is 2.31. The second kappa shape index (κ2) is 8.18. The lowest BCUT2D eigenvalue weighted by Crippen LogP contribution is -2.36. The SMILES string of the molecule is CN(C)c1ccc(NC(=O)c2sccc2S(=O)(=O)N2CCCCC2)cc1Cl. The lowest BCUT2D eigenvalue weighted by atomic mass is 10.2. The molecule has 9 heteroatoms. The fourth-order valence-electron chi connectivity index (χ4n) is 3.05. The van der Waals surface area contributed by atoms with Gasteiger partial charge in [0.1, 0.15) is 9.77 Å². The Kier molecular flexibility index (Phi) is 6.10. The molecule has 2 aromatic rings. The van der Waals surface area contributed by atoms with Crippen LogP contribution in [-0.4, -0.2) is 45.8 Å². The average molecular weight is 428 g/mol. The maximum atomic E-state index is 12.9. The van der Waals surface area contributed by atoms with Crippen LogP contribution in [-0.2, 0) is 10.0 Å². The van der Waals surface area contributed by atoms with Crippen molar-refractivity contribution < 1.29 is 13.2 Å². The Morgan fingerprint density at radius 1 is 1.19 bits per heavy atom. The van der Waals surface area contributed by atoms with Crippen LogP contribution < -0.4 is 10.2 Å². The van der Waals surface area contributed by atoms with Gasteiger partial charge in [0.05, 0.1) is 10.7 Å². The van der Waals surface area contributed by atoms with E-state index in [2.05, 4.69) is 5.32 Å². The first-order chi connectivity index (χ1) is 12.8. The van der Waals surface area contributed by atoms with Crippen LogP contribution in [0.25, 0.3) is 0 Å². The Morgan fingerprint density at radius 2 is 1.89 bits per heavy atom. The summed E-state index contributed by atoms with van der Waals surface area (Å²) >= 11 is 7.37. The van der Waals surface area contributed by atoms with Gasteiger partial charge in [-0.25, -0.2) is 8.42 Å². The number of piperidine rings is 1. The van der Waals surface area contributed by atoms with Crippen molar-refractivity contribution in [1.29, 1.82) is 0 Å². The van der Waals surface area contributed by atoms with Crippen molar-refractivity contribution in [3.8, 4) is 0 Å². The molecule has 3 rings (SSSR count). The van der Waals surface area contributed by atoms with E-state index in [0.717, 1.165) is 36.3 Å². The van der Waals surface area contributed by atoms with Crippen molar-refractivity contribution in [3.05, 3.63) is 39.5 Å². The number of anilines is 2. The fourth-order valence-corrected chi connectivity index (χ4v) is 6.21. The number of benzene rings is 1. The van der Waals surface area contributed by atoms with E-state index in [1.807, 2.05) is 19.0 Å². The summed E-state index contributed by atoms with van der Waals surface area (Å²) in [5, 5.41) is 4.89. The Labute approximate surface area is 168 Å². The average Bonchev–Trinajstić information content (AvgIpc) is 3.13. The summed E-state index contributed by atoms with van der Waals surface area (Å²) in [5.41, 5.74) is 1.35. The van der Waals surface area contributed by atoms with Crippen molar-refractivity contribution >= 4 is 50.2 Å². The van der Waals surface area contributed by atoms with E-state index in [4.69, 9.17) is 11.6 Å². The Balaban J connectivity index is 1.83. The Bertz CT molecular complexity index is 935. The Hall–Kier alpha value is -1.61. The summed E-state index contributed by atoms with van der Waals surface area (Å²) in [6.07, 6.45) is 2.73. The van der Waals surface area contributed by atoms with Crippen LogP contribution >= 0.6 is 22.9 Å². The molecule has 1 N–H and O–H groups in total. The second-order valence-electron chi connectivity index (χ2n) is 6.59. The van der Waals surface area contributed by atoms with E-state index < -0.39 is 15.9 Å². The van der Waals surface area contributed by atoms with Crippen LogP contribution in [0.2, 0.25) is 5.02 Å². The van der Waals surface area contributed by atoms with E-state index in [1.165, 1.54) is 10.4 Å². The molecule has 1 aromatic heterocycles. The molecule has 1 fully saturated rings. The number of sulfonamides is 1. The smallest absolute Gasteiger partial charge is 0.267 e. The number of rotatable bonds is 5. The molecule has 27 heavy (non-hydrogen) atoms. The first-order valence-corrected chi connectivity index (χ1v) is 11.4. The molecule has 0 unspecified atom stereocenters. The van der Waals surface area contributed by atoms with Gasteiger partial charge in [0, 0.05) is 32.9 Å². The van der Waals surface area contributed by atoms with Gasteiger partial charge in [0.2, 0.25) is 10.0 Å². The molecule has 1 aliphatic heterocycles. The standard InChI is InChI=1S/C18H22ClN3O3S2/c1-21(2)15-7-6-13(12-14(15)19)20-18(23)17-16(8-11-26-17)27(24,25)22-9-4-3-5-10-22/h6-8,11-12H,3-5,9-10H2,1-2H3,(H,20,23). The quantitative estimate of drug-likeness (QED) is 0.785. The number of hydrogen-bond acceptors (Lipinski definition) is 5. The van der Waals surface area contributed by atoms with E-state index in [-0.39, 0.29) is 9.77 Å². The lowest BCUT2D eigenvalue weighted by Gasteiger charge is -2.25. The molecular formula is C18H22ClN3O3S2. The summed E-state index contributed by atoms with van der Waals surface area (Å²) in [5.74, 6) is -0.450. The highest BCUT2D eigenvalue weighted by Crippen LogP contribution is 2.30. The fraction of sp³-hybridized carbons (Fsp3) is 0.389. The topological polar surface area (TPSA) is 69.7 Å². The van der Waals surface area contributed by atoms with Gasteiger partial charge < -0.3 is 10.2 Å². The number of amides is 1. The van der Waals surface area contributed by atoms with E-state index >= 15 is 0 Å². The minimum atomic E-state index is -3.66. The van der Waals surface area contributed by atoms with Crippen LogP contribution in [0.15, 0.2) is 34.5 Å². The molecule has 1 aromatic carbocycles. The lowest BCUT2D eigenvalue weighted by molar-refractivity contribution is 0.102. The molecule has 1 aliphatic rings. The molecule has 0 saturated carbocycles. The highest BCUT2D eigenvalue weighted by atomic mass is 35.5. The first kappa shape index (κ1) is 20.1. The van der Waals surface area contributed by atoms with Gasteiger partial charge in [-0.15, -0.1) is 11.3 Å². The van der Waals surface area contributed by atoms with Crippen molar-refractivity contribution in [2.75, 3.05) is 37.4 Å². The van der Waals surface area contributed by atoms with Crippen LogP contribution in [0.5, 0.6) is 0 Å². The van der Waals surface area contributed by atoms with Gasteiger partial charge in [-0.2, -0.15) is 4.31 Å².